The fourth-order valence-corrected chi connectivity index (χ4v) is 3.58. The van der Waals surface area contributed by atoms with Crippen molar-refractivity contribution in [3.63, 3.8) is 0 Å². The molecule has 0 aromatic heterocycles. The number of halogens is 1. The molecule has 0 saturated heterocycles. The van der Waals surface area contributed by atoms with Gasteiger partial charge in [0.05, 0.1) is 0 Å². The molecule has 0 saturated carbocycles. The fraction of sp³-hybridized carbons (Fsp3) is 0.167. The molecule has 6 heteroatoms. The molecule has 0 heterocycles. The molecular weight excluding hydrogens is 444 g/mol. The zero-order valence-corrected chi connectivity index (χ0v) is 18.0. The van der Waals surface area contributed by atoms with Crippen molar-refractivity contribution in [2.75, 3.05) is 13.1 Å². The van der Waals surface area contributed by atoms with Gasteiger partial charge >= 0.3 is 5.97 Å². The highest BCUT2D eigenvalue weighted by molar-refractivity contribution is 9.10. The van der Waals surface area contributed by atoms with Gasteiger partial charge in [0.25, 0.3) is 5.91 Å². The molecule has 0 aliphatic heterocycles. The third-order valence-corrected chi connectivity index (χ3v) is 5.40. The molecule has 154 valence electrons. The minimum atomic E-state index is -1.05. The van der Waals surface area contributed by atoms with Crippen molar-refractivity contribution in [1.29, 1.82) is 0 Å². The van der Waals surface area contributed by atoms with E-state index in [0.717, 1.165) is 21.2 Å². The van der Waals surface area contributed by atoms with Crippen LogP contribution in [0.5, 0.6) is 0 Å². The largest absolute Gasteiger partial charge is 0.480 e. The Hall–Kier alpha value is -2.96. The second-order valence-electron chi connectivity index (χ2n) is 6.92. The lowest BCUT2D eigenvalue weighted by atomic mass is 9.99. The highest BCUT2D eigenvalue weighted by Crippen LogP contribution is 2.21. The van der Waals surface area contributed by atoms with Gasteiger partial charge < -0.3 is 15.7 Å². The van der Waals surface area contributed by atoms with Gasteiger partial charge in [-0.2, -0.15) is 0 Å². The summed E-state index contributed by atoms with van der Waals surface area (Å²) in [5, 5.41) is 9.86. The zero-order valence-electron chi connectivity index (χ0n) is 16.4. The van der Waals surface area contributed by atoms with Crippen LogP contribution < -0.4 is 5.73 Å². The van der Waals surface area contributed by atoms with Gasteiger partial charge in [-0.15, -0.1) is 0 Å². The minimum absolute atomic E-state index is 0.161. The monoisotopic (exact) mass is 466 g/mol. The maximum absolute atomic E-state index is 13.0. The van der Waals surface area contributed by atoms with Gasteiger partial charge in [0.2, 0.25) is 0 Å². The van der Waals surface area contributed by atoms with E-state index >= 15 is 0 Å². The minimum Gasteiger partial charge on any atom is -0.480 e. The molecule has 0 unspecified atom stereocenters. The number of carbonyl (C=O) groups is 2. The van der Waals surface area contributed by atoms with Crippen LogP contribution in [0.15, 0.2) is 83.3 Å². The van der Waals surface area contributed by atoms with Crippen molar-refractivity contribution in [1.82, 2.24) is 4.90 Å². The van der Waals surface area contributed by atoms with Crippen molar-refractivity contribution < 1.29 is 14.7 Å². The molecule has 0 bridgehead atoms. The number of hydrogen-bond acceptors (Lipinski definition) is 3. The smallest absolute Gasteiger partial charge is 0.326 e. The average molecular weight is 467 g/mol. The standard InChI is InChI=1S/C24H23BrN2O3/c25-21-12-10-20(11-13-21)23(28)27(15-14-26)22(24(29)30)16-17-6-8-19(9-7-17)18-4-2-1-3-5-18/h1-13,22H,14-16,26H2,(H,29,30)/t22-/m0/s1. The first-order chi connectivity index (χ1) is 14.5. The van der Waals surface area contributed by atoms with Crippen LogP contribution in [0.3, 0.4) is 0 Å². The summed E-state index contributed by atoms with van der Waals surface area (Å²) in [4.78, 5) is 26.4. The Kier molecular flexibility index (Phi) is 7.38. The van der Waals surface area contributed by atoms with Crippen LogP contribution in [-0.2, 0) is 11.2 Å². The first kappa shape index (κ1) is 21.7. The zero-order chi connectivity index (χ0) is 21.5. The van der Waals surface area contributed by atoms with E-state index in [-0.39, 0.29) is 25.4 Å². The number of nitrogens with zero attached hydrogens (tertiary/aromatic N) is 1. The van der Waals surface area contributed by atoms with E-state index in [4.69, 9.17) is 5.73 Å². The normalized spacial score (nSPS) is 11.7. The first-order valence-electron chi connectivity index (χ1n) is 9.63. The van der Waals surface area contributed by atoms with Gasteiger partial charge in [-0.05, 0) is 41.0 Å². The number of aliphatic carboxylic acids is 1. The Morgan fingerprint density at radius 3 is 2.07 bits per heavy atom. The van der Waals surface area contributed by atoms with E-state index in [9.17, 15) is 14.7 Å². The van der Waals surface area contributed by atoms with E-state index in [1.54, 1.807) is 24.3 Å². The van der Waals surface area contributed by atoms with Gasteiger partial charge in [0, 0.05) is 29.5 Å². The van der Waals surface area contributed by atoms with Gasteiger partial charge in [0.1, 0.15) is 6.04 Å². The van der Waals surface area contributed by atoms with Crippen LogP contribution in [0, 0.1) is 0 Å². The van der Waals surface area contributed by atoms with E-state index in [0.29, 0.717) is 5.56 Å². The molecule has 3 N–H and O–H groups in total. The van der Waals surface area contributed by atoms with Crippen LogP contribution in [0.2, 0.25) is 0 Å². The van der Waals surface area contributed by atoms with Crippen molar-refractivity contribution >= 4 is 27.8 Å². The van der Waals surface area contributed by atoms with E-state index < -0.39 is 12.0 Å². The highest BCUT2D eigenvalue weighted by atomic mass is 79.9. The second kappa shape index (κ2) is 10.2. The number of hydrogen-bond donors (Lipinski definition) is 2. The van der Waals surface area contributed by atoms with Crippen molar-refractivity contribution in [3.05, 3.63) is 94.5 Å². The van der Waals surface area contributed by atoms with Crippen LogP contribution >= 0.6 is 15.9 Å². The number of rotatable bonds is 8. The predicted molar refractivity (Wildman–Crippen MR) is 121 cm³/mol. The molecular formula is C24H23BrN2O3. The average Bonchev–Trinajstić information content (AvgIpc) is 2.77. The number of benzene rings is 3. The van der Waals surface area contributed by atoms with Crippen LogP contribution in [-0.4, -0.2) is 41.0 Å². The van der Waals surface area contributed by atoms with E-state index in [1.165, 1.54) is 4.90 Å². The highest BCUT2D eigenvalue weighted by Gasteiger charge is 2.30. The summed E-state index contributed by atoms with van der Waals surface area (Å²) in [7, 11) is 0. The summed E-state index contributed by atoms with van der Waals surface area (Å²) in [6, 6.07) is 23.5. The summed E-state index contributed by atoms with van der Waals surface area (Å²) in [6.45, 7) is 0.340. The molecule has 0 spiro atoms. The van der Waals surface area contributed by atoms with Gasteiger partial charge in [-0.25, -0.2) is 4.79 Å². The Morgan fingerprint density at radius 1 is 0.900 bits per heavy atom. The van der Waals surface area contributed by atoms with Crippen LogP contribution in [0.1, 0.15) is 15.9 Å². The quantitative estimate of drug-likeness (QED) is 0.520. The number of amides is 1. The Morgan fingerprint density at radius 2 is 1.50 bits per heavy atom. The summed E-state index contributed by atoms with van der Waals surface area (Å²) in [5.74, 6) is -1.40. The molecule has 0 aliphatic rings. The molecule has 5 nitrogen and oxygen atoms in total. The summed E-state index contributed by atoms with van der Waals surface area (Å²) in [6.07, 6.45) is 0.201. The molecule has 3 rings (SSSR count). The molecule has 1 amide bonds. The lowest BCUT2D eigenvalue weighted by Crippen LogP contribution is -2.48. The van der Waals surface area contributed by atoms with Gasteiger partial charge in [0.15, 0.2) is 0 Å². The van der Waals surface area contributed by atoms with E-state index in [1.807, 2.05) is 54.6 Å². The van der Waals surface area contributed by atoms with Crippen molar-refractivity contribution in [3.8, 4) is 11.1 Å². The predicted octanol–water partition coefficient (Wildman–Crippen LogP) is 4.21. The van der Waals surface area contributed by atoms with Crippen molar-refractivity contribution in [2.24, 2.45) is 5.73 Å². The number of carbonyl (C=O) groups excluding carboxylic acids is 1. The molecule has 0 radical (unpaired) electrons. The molecule has 30 heavy (non-hydrogen) atoms. The summed E-state index contributed by atoms with van der Waals surface area (Å²) < 4.78 is 0.845. The summed E-state index contributed by atoms with van der Waals surface area (Å²) in [5.41, 5.74) is 9.10. The van der Waals surface area contributed by atoms with Crippen LogP contribution in [0.4, 0.5) is 0 Å². The van der Waals surface area contributed by atoms with Crippen molar-refractivity contribution in [2.45, 2.75) is 12.5 Å². The van der Waals surface area contributed by atoms with Crippen LogP contribution in [0.25, 0.3) is 11.1 Å². The second-order valence-corrected chi connectivity index (χ2v) is 7.83. The molecule has 3 aromatic carbocycles. The third-order valence-electron chi connectivity index (χ3n) is 4.87. The number of nitrogens with two attached hydrogens (primary N) is 1. The molecule has 1 atom stereocenters. The Labute approximate surface area is 184 Å². The van der Waals surface area contributed by atoms with Gasteiger partial charge in [-0.3, -0.25) is 4.79 Å². The Balaban J connectivity index is 1.83. The number of carboxylic acids is 1. The fourth-order valence-electron chi connectivity index (χ4n) is 3.31. The molecule has 3 aromatic rings. The molecule has 0 fully saturated rings. The number of carboxylic acid groups (broad SMARTS) is 1. The summed E-state index contributed by atoms with van der Waals surface area (Å²) >= 11 is 3.34. The maximum Gasteiger partial charge on any atom is 0.326 e. The first-order valence-corrected chi connectivity index (χ1v) is 10.4. The molecule has 0 aliphatic carbocycles. The lowest BCUT2D eigenvalue weighted by Gasteiger charge is -2.29. The third kappa shape index (κ3) is 5.34. The maximum atomic E-state index is 13.0. The van der Waals surface area contributed by atoms with Gasteiger partial charge in [-0.1, -0.05) is 70.5 Å². The SMILES string of the molecule is NCCN(C(=O)c1ccc(Br)cc1)[C@@H](Cc1ccc(-c2ccccc2)cc1)C(=O)O. The lowest BCUT2D eigenvalue weighted by molar-refractivity contribution is -0.142. The Bertz CT molecular complexity index is 989. The topological polar surface area (TPSA) is 83.6 Å². The van der Waals surface area contributed by atoms with E-state index in [2.05, 4.69) is 15.9 Å².